The zero-order valence-corrected chi connectivity index (χ0v) is 12.2. The number of amides is 1. The highest BCUT2D eigenvalue weighted by Crippen LogP contribution is 2.28. The van der Waals surface area contributed by atoms with Gasteiger partial charge in [0.15, 0.2) is 0 Å². The first kappa shape index (κ1) is 14.8. The van der Waals surface area contributed by atoms with Crippen LogP contribution in [-0.2, 0) is 9.59 Å². The van der Waals surface area contributed by atoms with Crippen LogP contribution < -0.4 is 4.90 Å². The predicted molar refractivity (Wildman–Crippen MR) is 80.7 cm³/mol. The van der Waals surface area contributed by atoms with Gasteiger partial charge >= 0.3 is 0 Å². The minimum absolute atomic E-state index is 0.0787. The molecule has 1 aliphatic rings. The Morgan fingerprint density at radius 3 is 2.30 bits per heavy atom. The van der Waals surface area contributed by atoms with Crippen LogP contribution in [0.1, 0.15) is 51.9 Å². The largest absolute Gasteiger partial charge is 0.309 e. The Hall–Kier alpha value is -1.64. The Morgan fingerprint density at radius 2 is 1.70 bits per heavy atom. The first-order valence-electron chi connectivity index (χ1n) is 7.55. The van der Waals surface area contributed by atoms with E-state index < -0.39 is 0 Å². The molecule has 0 aromatic heterocycles. The van der Waals surface area contributed by atoms with E-state index in [4.69, 9.17) is 0 Å². The van der Waals surface area contributed by atoms with Gasteiger partial charge in [0, 0.05) is 24.6 Å². The summed E-state index contributed by atoms with van der Waals surface area (Å²) in [4.78, 5) is 25.6. The summed E-state index contributed by atoms with van der Waals surface area (Å²) in [5, 5.41) is 0. The van der Waals surface area contributed by atoms with Gasteiger partial charge in [-0.3, -0.25) is 4.79 Å². The summed E-state index contributed by atoms with van der Waals surface area (Å²) in [5.41, 5.74) is 0.966. The topological polar surface area (TPSA) is 37.4 Å². The van der Waals surface area contributed by atoms with Crippen molar-refractivity contribution >= 4 is 17.4 Å². The summed E-state index contributed by atoms with van der Waals surface area (Å²) in [5.74, 6) is 0.160. The maximum absolute atomic E-state index is 12.5. The lowest BCUT2D eigenvalue weighted by atomic mass is 9.93. The van der Waals surface area contributed by atoms with Crippen LogP contribution in [0.25, 0.3) is 0 Å². The molecule has 3 nitrogen and oxygen atoms in total. The average molecular weight is 273 g/mol. The van der Waals surface area contributed by atoms with Gasteiger partial charge in [0.05, 0.1) is 0 Å². The highest BCUT2D eigenvalue weighted by molar-refractivity contribution is 5.95. The molecule has 0 spiro atoms. The Kier molecular flexibility index (Phi) is 5.33. The standard InChI is InChI=1S/C17H23NO2/c1-14(19)12-13-17(20)18(15-8-4-2-5-9-15)16-10-6-3-7-11-16/h2,4-5,8-9,16H,3,6-7,10-13H2,1H3. The first-order chi connectivity index (χ1) is 9.68. The fourth-order valence-corrected chi connectivity index (χ4v) is 2.89. The second kappa shape index (κ2) is 7.22. The maximum atomic E-state index is 12.5. The van der Waals surface area contributed by atoms with Crippen LogP contribution in [0.5, 0.6) is 0 Å². The molecule has 0 heterocycles. The Bertz CT molecular complexity index is 449. The lowest BCUT2D eigenvalue weighted by Gasteiger charge is -2.34. The molecule has 3 heteroatoms. The van der Waals surface area contributed by atoms with Crippen molar-refractivity contribution in [3.8, 4) is 0 Å². The number of hydrogen-bond acceptors (Lipinski definition) is 2. The van der Waals surface area contributed by atoms with E-state index in [1.54, 1.807) is 6.92 Å². The van der Waals surface area contributed by atoms with Crippen molar-refractivity contribution in [1.82, 2.24) is 0 Å². The number of anilines is 1. The van der Waals surface area contributed by atoms with Crippen LogP contribution in [0, 0.1) is 0 Å². The molecule has 1 aliphatic carbocycles. The molecule has 0 aliphatic heterocycles. The molecule has 0 atom stereocenters. The van der Waals surface area contributed by atoms with Crippen LogP contribution in [0.3, 0.4) is 0 Å². The quantitative estimate of drug-likeness (QED) is 0.820. The van der Waals surface area contributed by atoms with E-state index in [0.29, 0.717) is 18.9 Å². The highest BCUT2D eigenvalue weighted by atomic mass is 16.2. The van der Waals surface area contributed by atoms with E-state index in [2.05, 4.69) is 0 Å². The number of carbonyl (C=O) groups is 2. The third-order valence-electron chi connectivity index (χ3n) is 3.93. The van der Waals surface area contributed by atoms with Gasteiger partial charge in [0.25, 0.3) is 0 Å². The minimum Gasteiger partial charge on any atom is -0.309 e. The first-order valence-corrected chi connectivity index (χ1v) is 7.55. The van der Waals surface area contributed by atoms with Crippen LogP contribution in [-0.4, -0.2) is 17.7 Å². The molecule has 1 amide bonds. The van der Waals surface area contributed by atoms with Crippen molar-refractivity contribution in [3.63, 3.8) is 0 Å². The molecule has 20 heavy (non-hydrogen) atoms. The molecular formula is C17H23NO2. The smallest absolute Gasteiger partial charge is 0.227 e. The molecule has 1 fully saturated rings. The number of para-hydroxylation sites is 1. The molecule has 0 bridgehead atoms. The zero-order chi connectivity index (χ0) is 14.4. The summed E-state index contributed by atoms with van der Waals surface area (Å²) >= 11 is 0. The number of rotatable bonds is 5. The molecule has 108 valence electrons. The number of carbonyl (C=O) groups excluding carboxylic acids is 2. The molecule has 0 unspecified atom stereocenters. The van der Waals surface area contributed by atoms with Crippen LogP contribution >= 0.6 is 0 Å². The maximum Gasteiger partial charge on any atom is 0.227 e. The Labute approximate surface area is 121 Å². The lowest BCUT2D eigenvalue weighted by molar-refractivity contribution is -0.123. The normalized spacial score (nSPS) is 15.8. The van der Waals surface area contributed by atoms with Gasteiger partial charge in [-0.2, -0.15) is 0 Å². The average Bonchev–Trinajstić information content (AvgIpc) is 2.48. The second-order valence-electron chi connectivity index (χ2n) is 5.59. The summed E-state index contributed by atoms with van der Waals surface area (Å²) in [6.45, 7) is 1.54. The summed E-state index contributed by atoms with van der Waals surface area (Å²) < 4.78 is 0. The summed E-state index contributed by atoms with van der Waals surface area (Å²) in [6.07, 6.45) is 6.44. The molecule has 1 saturated carbocycles. The molecular weight excluding hydrogens is 250 g/mol. The monoisotopic (exact) mass is 273 g/mol. The zero-order valence-electron chi connectivity index (χ0n) is 12.2. The van der Waals surface area contributed by atoms with Crippen LogP contribution in [0.4, 0.5) is 5.69 Å². The number of nitrogens with zero attached hydrogens (tertiary/aromatic N) is 1. The van der Waals surface area contributed by atoms with E-state index in [0.717, 1.165) is 18.5 Å². The van der Waals surface area contributed by atoms with Crippen molar-refractivity contribution in [1.29, 1.82) is 0 Å². The van der Waals surface area contributed by atoms with Crippen molar-refractivity contribution in [2.24, 2.45) is 0 Å². The fourth-order valence-electron chi connectivity index (χ4n) is 2.89. The molecule has 2 rings (SSSR count). The van der Waals surface area contributed by atoms with E-state index in [1.807, 2.05) is 35.2 Å². The summed E-state index contributed by atoms with van der Waals surface area (Å²) in [7, 11) is 0. The van der Waals surface area contributed by atoms with E-state index in [9.17, 15) is 9.59 Å². The van der Waals surface area contributed by atoms with Gasteiger partial charge in [-0.05, 0) is 31.9 Å². The second-order valence-corrected chi connectivity index (χ2v) is 5.59. The van der Waals surface area contributed by atoms with Gasteiger partial charge in [0.2, 0.25) is 5.91 Å². The molecule has 1 aromatic rings. The van der Waals surface area contributed by atoms with Crippen molar-refractivity contribution in [2.45, 2.75) is 57.9 Å². The number of benzene rings is 1. The van der Waals surface area contributed by atoms with Crippen molar-refractivity contribution in [3.05, 3.63) is 30.3 Å². The molecule has 0 N–H and O–H groups in total. The van der Waals surface area contributed by atoms with E-state index in [-0.39, 0.29) is 11.7 Å². The van der Waals surface area contributed by atoms with E-state index in [1.165, 1.54) is 19.3 Å². The van der Waals surface area contributed by atoms with Crippen molar-refractivity contribution in [2.75, 3.05) is 4.90 Å². The molecule has 0 radical (unpaired) electrons. The van der Waals surface area contributed by atoms with Crippen LogP contribution in [0.15, 0.2) is 30.3 Å². The van der Waals surface area contributed by atoms with Gasteiger partial charge in [-0.25, -0.2) is 0 Å². The van der Waals surface area contributed by atoms with E-state index >= 15 is 0 Å². The van der Waals surface area contributed by atoms with Gasteiger partial charge in [0.1, 0.15) is 5.78 Å². The number of hydrogen-bond donors (Lipinski definition) is 0. The summed E-state index contributed by atoms with van der Waals surface area (Å²) in [6, 6.07) is 10.2. The fraction of sp³-hybridized carbons (Fsp3) is 0.529. The third kappa shape index (κ3) is 3.92. The third-order valence-corrected chi connectivity index (χ3v) is 3.93. The van der Waals surface area contributed by atoms with Gasteiger partial charge in [-0.1, -0.05) is 37.5 Å². The minimum atomic E-state index is 0.0787. The number of Topliss-reactive ketones (excluding diaryl/α,β-unsaturated/α-hetero) is 1. The van der Waals surface area contributed by atoms with Crippen molar-refractivity contribution < 1.29 is 9.59 Å². The number of ketones is 1. The Balaban J connectivity index is 2.15. The SMILES string of the molecule is CC(=O)CCC(=O)N(c1ccccc1)C1CCCCC1. The molecule has 0 saturated heterocycles. The Morgan fingerprint density at radius 1 is 1.05 bits per heavy atom. The van der Waals surface area contributed by atoms with Crippen LogP contribution in [0.2, 0.25) is 0 Å². The lowest BCUT2D eigenvalue weighted by Crippen LogP contribution is -2.41. The molecule has 1 aromatic carbocycles. The highest BCUT2D eigenvalue weighted by Gasteiger charge is 2.26. The van der Waals surface area contributed by atoms with Gasteiger partial charge < -0.3 is 9.69 Å². The predicted octanol–water partition coefficient (Wildman–Crippen LogP) is 3.72. The van der Waals surface area contributed by atoms with Gasteiger partial charge in [-0.15, -0.1) is 0 Å².